The highest BCUT2D eigenvalue weighted by atomic mass is 35.5. The van der Waals surface area contributed by atoms with Crippen LogP contribution in [0.1, 0.15) is 31.7 Å². The molecule has 20 heavy (non-hydrogen) atoms. The lowest BCUT2D eigenvalue weighted by molar-refractivity contribution is 0.0298. The van der Waals surface area contributed by atoms with Gasteiger partial charge in [-0.15, -0.1) is 12.4 Å². The van der Waals surface area contributed by atoms with Gasteiger partial charge in [0.2, 0.25) is 0 Å². The van der Waals surface area contributed by atoms with Crippen molar-refractivity contribution >= 4 is 12.4 Å². The molecule has 2 rings (SSSR count). The Morgan fingerprint density at radius 2 is 2.00 bits per heavy atom. The minimum atomic E-state index is 0. The fraction of sp³-hybridized carbons (Fsp3) is 0.625. The molecule has 1 heterocycles. The van der Waals surface area contributed by atoms with Gasteiger partial charge in [0.05, 0.1) is 13.2 Å². The van der Waals surface area contributed by atoms with Gasteiger partial charge < -0.3 is 9.84 Å². The number of hydrogen-bond acceptors (Lipinski definition) is 3. The zero-order valence-electron chi connectivity index (χ0n) is 12.4. The molecule has 3 nitrogen and oxygen atoms in total. The summed E-state index contributed by atoms with van der Waals surface area (Å²) in [7, 11) is 0. The van der Waals surface area contributed by atoms with E-state index in [-0.39, 0.29) is 12.4 Å². The van der Waals surface area contributed by atoms with Gasteiger partial charge >= 0.3 is 0 Å². The molecular formula is C16H26ClNO2. The molecule has 0 radical (unpaired) electrons. The van der Waals surface area contributed by atoms with Gasteiger partial charge in [-0.1, -0.05) is 26.0 Å². The van der Waals surface area contributed by atoms with E-state index in [1.165, 1.54) is 5.56 Å². The minimum Gasteiger partial charge on any atom is -0.508 e. The summed E-state index contributed by atoms with van der Waals surface area (Å²) >= 11 is 0. The van der Waals surface area contributed by atoms with Crippen molar-refractivity contribution in [3.8, 4) is 5.75 Å². The molecule has 0 aliphatic carbocycles. The Hall–Kier alpha value is -0.770. The van der Waals surface area contributed by atoms with Gasteiger partial charge in [0.25, 0.3) is 0 Å². The van der Waals surface area contributed by atoms with E-state index in [4.69, 9.17) is 4.74 Å². The van der Waals surface area contributed by atoms with Crippen LogP contribution in [0.3, 0.4) is 0 Å². The molecule has 0 saturated carbocycles. The van der Waals surface area contributed by atoms with Gasteiger partial charge in [-0.05, 0) is 36.0 Å². The van der Waals surface area contributed by atoms with E-state index in [1.54, 1.807) is 6.07 Å². The topological polar surface area (TPSA) is 32.7 Å². The average molecular weight is 300 g/mol. The molecule has 1 aromatic rings. The molecule has 1 N–H and O–H groups in total. The number of aromatic hydroxyl groups is 1. The lowest BCUT2D eigenvalue weighted by Crippen LogP contribution is -2.39. The van der Waals surface area contributed by atoms with E-state index in [2.05, 4.69) is 24.8 Å². The maximum atomic E-state index is 9.63. The fourth-order valence-corrected chi connectivity index (χ4v) is 3.04. The first-order valence-corrected chi connectivity index (χ1v) is 7.29. The second-order valence-electron chi connectivity index (χ2n) is 5.50. The number of rotatable bonds is 5. The number of phenols is 1. The molecule has 1 aliphatic rings. The Kier molecular flexibility index (Phi) is 7.35. The number of phenolic OH excluding ortho intramolecular Hbond substituents is 1. The molecule has 114 valence electrons. The first kappa shape index (κ1) is 17.3. The van der Waals surface area contributed by atoms with E-state index in [0.29, 0.717) is 17.6 Å². The molecule has 2 atom stereocenters. The largest absolute Gasteiger partial charge is 0.508 e. The van der Waals surface area contributed by atoms with Gasteiger partial charge in [0.1, 0.15) is 5.75 Å². The quantitative estimate of drug-likeness (QED) is 0.906. The van der Waals surface area contributed by atoms with Gasteiger partial charge in [0.15, 0.2) is 0 Å². The smallest absolute Gasteiger partial charge is 0.115 e. The second kappa shape index (κ2) is 8.50. The maximum absolute atomic E-state index is 9.63. The Morgan fingerprint density at radius 1 is 1.30 bits per heavy atom. The van der Waals surface area contributed by atoms with Crippen LogP contribution in [0.5, 0.6) is 5.75 Å². The summed E-state index contributed by atoms with van der Waals surface area (Å²) in [4.78, 5) is 2.49. The van der Waals surface area contributed by atoms with Crippen LogP contribution in [-0.2, 0) is 4.74 Å². The van der Waals surface area contributed by atoms with Crippen molar-refractivity contribution < 1.29 is 9.84 Å². The normalized spacial score (nSPS) is 19.1. The third kappa shape index (κ3) is 4.65. The van der Waals surface area contributed by atoms with Gasteiger partial charge in [-0.2, -0.15) is 0 Å². The zero-order valence-corrected chi connectivity index (χ0v) is 13.2. The Balaban J connectivity index is 0.00000200. The SMILES string of the molecule is CCC(c1cccc(O)c1)C(C)CN1CCOCC1.Cl. The zero-order chi connectivity index (χ0) is 13.7. The summed E-state index contributed by atoms with van der Waals surface area (Å²) in [5.41, 5.74) is 1.25. The Bertz CT molecular complexity index is 394. The molecule has 1 aromatic carbocycles. The molecule has 1 aliphatic heterocycles. The standard InChI is InChI=1S/C16H25NO2.ClH/c1-3-16(14-5-4-6-15(18)11-14)13(2)12-17-7-9-19-10-8-17;/h4-6,11,13,16,18H,3,7-10,12H2,1-2H3;1H. The summed E-state index contributed by atoms with van der Waals surface area (Å²) in [5.74, 6) is 1.47. The first-order valence-electron chi connectivity index (χ1n) is 7.29. The van der Waals surface area contributed by atoms with Crippen molar-refractivity contribution in [3.05, 3.63) is 29.8 Å². The van der Waals surface area contributed by atoms with Crippen LogP contribution in [-0.4, -0.2) is 42.9 Å². The summed E-state index contributed by atoms with van der Waals surface area (Å²) in [5, 5.41) is 9.63. The van der Waals surface area contributed by atoms with Crippen molar-refractivity contribution in [1.29, 1.82) is 0 Å². The van der Waals surface area contributed by atoms with E-state index in [0.717, 1.165) is 39.3 Å². The number of morpholine rings is 1. The monoisotopic (exact) mass is 299 g/mol. The van der Waals surface area contributed by atoms with Gasteiger partial charge in [0, 0.05) is 19.6 Å². The van der Waals surface area contributed by atoms with Crippen LogP contribution in [0.4, 0.5) is 0 Å². The van der Waals surface area contributed by atoms with Crippen LogP contribution in [0.2, 0.25) is 0 Å². The Morgan fingerprint density at radius 3 is 2.60 bits per heavy atom. The highest BCUT2D eigenvalue weighted by Gasteiger charge is 2.21. The van der Waals surface area contributed by atoms with Crippen LogP contribution in [0.15, 0.2) is 24.3 Å². The predicted molar refractivity (Wildman–Crippen MR) is 84.8 cm³/mol. The van der Waals surface area contributed by atoms with Crippen LogP contribution in [0.25, 0.3) is 0 Å². The Labute approximate surface area is 128 Å². The third-order valence-corrected chi connectivity index (χ3v) is 4.07. The summed E-state index contributed by atoms with van der Waals surface area (Å²) in [6.45, 7) is 9.45. The summed E-state index contributed by atoms with van der Waals surface area (Å²) in [6.07, 6.45) is 1.11. The molecule has 1 fully saturated rings. The van der Waals surface area contributed by atoms with Crippen LogP contribution < -0.4 is 0 Å². The molecular weight excluding hydrogens is 274 g/mol. The maximum Gasteiger partial charge on any atom is 0.115 e. The van der Waals surface area contributed by atoms with E-state index in [1.807, 2.05) is 12.1 Å². The second-order valence-corrected chi connectivity index (χ2v) is 5.50. The van der Waals surface area contributed by atoms with Crippen molar-refractivity contribution in [2.75, 3.05) is 32.8 Å². The predicted octanol–water partition coefficient (Wildman–Crippen LogP) is 3.28. The highest BCUT2D eigenvalue weighted by Crippen LogP contribution is 2.30. The summed E-state index contributed by atoms with van der Waals surface area (Å²) < 4.78 is 5.39. The average Bonchev–Trinajstić information content (AvgIpc) is 2.41. The van der Waals surface area contributed by atoms with Crippen LogP contribution in [0, 0.1) is 5.92 Å². The first-order chi connectivity index (χ1) is 9.20. The third-order valence-electron chi connectivity index (χ3n) is 4.07. The molecule has 0 aromatic heterocycles. The number of halogens is 1. The fourth-order valence-electron chi connectivity index (χ4n) is 3.04. The molecule has 0 bridgehead atoms. The van der Waals surface area contributed by atoms with Crippen LogP contribution >= 0.6 is 12.4 Å². The highest BCUT2D eigenvalue weighted by molar-refractivity contribution is 5.85. The van der Waals surface area contributed by atoms with Crippen molar-refractivity contribution in [1.82, 2.24) is 4.90 Å². The van der Waals surface area contributed by atoms with E-state index < -0.39 is 0 Å². The number of nitrogens with zero attached hydrogens (tertiary/aromatic N) is 1. The number of hydrogen-bond donors (Lipinski definition) is 1. The number of ether oxygens (including phenoxy) is 1. The van der Waals surface area contributed by atoms with Gasteiger partial charge in [-0.25, -0.2) is 0 Å². The van der Waals surface area contributed by atoms with Crippen molar-refractivity contribution in [2.24, 2.45) is 5.92 Å². The van der Waals surface area contributed by atoms with E-state index in [9.17, 15) is 5.11 Å². The van der Waals surface area contributed by atoms with Gasteiger partial charge in [-0.3, -0.25) is 4.90 Å². The van der Waals surface area contributed by atoms with Crippen molar-refractivity contribution in [2.45, 2.75) is 26.2 Å². The van der Waals surface area contributed by atoms with E-state index >= 15 is 0 Å². The molecule has 2 unspecified atom stereocenters. The molecule has 1 saturated heterocycles. The summed E-state index contributed by atoms with van der Waals surface area (Å²) in [6, 6.07) is 7.71. The lowest BCUT2D eigenvalue weighted by atomic mass is 9.84. The molecule has 0 spiro atoms. The number of benzene rings is 1. The van der Waals surface area contributed by atoms with Crippen molar-refractivity contribution in [3.63, 3.8) is 0 Å². The molecule has 4 heteroatoms. The molecule has 0 amide bonds. The minimum absolute atomic E-state index is 0. The lowest BCUT2D eigenvalue weighted by Gasteiger charge is -2.32.